The minimum Gasteiger partial charge on any atom is -0.393 e. The van der Waals surface area contributed by atoms with E-state index in [1.807, 2.05) is 0 Å². The molecule has 21 heavy (non-hydrogen) atoms. The van der Waals surface area contributed by atoms with Crippen molar-refractivity contribution in [3.8, 4) is 0 Å². The molecule has 6 atom stereocenters. The van der Waals surface area contributed by atoms with Crippen LogP contribution in [0.15, 0.2) is 11.1 Å². The van der Waals surface area contributed by atoms with Gasteiger partial charge in [0.25, 0.3) is 0 Å². The number of hydrogen-bond donors (Lipinski definition) is 1. The zero-order chi connectivity index (χ0) is 14.8. The van der Waals surface area contributed by atoms with Crippen molar-refractivity contribution in [2.75, 3.05) is 0 Å². The van der Waals surface area contributed by atoms with Crippen LogP contribution in [0.5, 0.6) is 0 Å². The van der Waals surface area contributed by atoms with Gasteiger partial charge >= 0.3 is 0 Å². The number of hydrogen-bond acceptors (Lipinski definition) is 2. The lowest BCUT2D eigenvalue weighted by atomic mass is 9.54. The normalized spacial score (nSPS) is 49.7. The summed E-state index contributed by atoms with van der Waals surface area (Å²) in [5.41, 5.74) is 3.18. The van der Waals surface area contributed by atoms with Crippen molar-refractivity contribution in [3.05, 3.63) is 11.1 Å². The molecule has 0 heterocycles. The number of aliphatic hydroxyl groups excluding tert-OH is 1. The van der Waals surface area contributed by atoms with Crippen molar-refractivity contribution in [2.24, 2.45) is 23.2 Å². The maximum Gasteiger partial charge on any atom is 0.152 e. The molecule has 1 N–H and O–H groups in total. The number of carbonyl (C=O) groups is 1. The first-order valence-electron chi connectivity index (χ1n) is 8.58. The maximum absolute atomic E-state index is 12.6. The molecule has 0 spiro atoms. The van der Waals surface area contributed by atoms with Gasteiger partial charge in [0.2, 0.25) is 0 Å². The van der Waals surface area contributed by atoms with Gasteiger partial charge in [0, 0.05) is 5.41 Å². The van der Waals surface area contributed by atoms with Gasteiger partial charge in [0.05, 0.1) is 10.9 Å². The van der Waals surface area contributed by atoms with Crippen LogP contribution in [-0.4, -0.2) is 21.8 Å². The molecule has 0 unspecified atom stereocenters. The summed E-state index contributed by atoms with van der Waals surface area (Å²) >= 11 is 3.63. The second-order valence-corrected chi connectivity index (χ2v) is 9.07. The highest BCUT2D eigenvalue weighted by molar-refractivity contribution is 9.10. The van der Waals surface area contributed by atoms with E-state index >= 15 is 0 Å². The van der Waals surface area contributed by atoms with E-state index in [2.05, 4.69) is 22.9 Å². The first-order valence-corrected chi connectivity index (χ1v) is 9.49. The van der Waals surface area contributed by atoms with E-state index in [9.17, 15) is 9.90 Å². The molecule has 0 aliphatic heterocycles. The van der Waals surface area contributed by atoms with Crippen molar-refractivity contribution < 1.29 is 9.90 Å². The Labute approximate surface area is 135 Å². The Morgan fingerprint density at radius 2 is 2.05 bits per heavy atom. The van der Waals surface area contributed by atoms with Crippen molar-refractivity contribution in [1.82, 2.24) is 0 Å². The summed E-state index contributed by atoms with van der Waals surface area (Å²) in [5.74, 6) is 2.47. The Kier molecular flexibility index (Phi) is 3.39. The first-order chi connectivity index (χ1) is 10.0. The molecular weight excluding hydrogens is 328 g/mol. The van der Waals surface area contributed by atoms with Gasteiger partial charge in [-0.05, 0) is 69.1 Å². The van der Waals surface area contributed by atoms with Crippen LogP contribution in [0, 0.1) is 23.2 Å². The van der Waals surface area contributed by atoms with Crippen molar-refractivity contribution in [1.29, 1.82) is 0 Å². The summed E-state index contributed by atoms with van der Waals surface area (Å²) in [4.78, 5) is 12.7. The minimum absolute atomic E-state index is 0.0679. The number of rotatable bonds is 0. The summed E-state index contributed by atoms with van der Waals surface area (Å²) in [7, 11) is 0. The Hall–Kier alpha value is -0.150. The Balaban J connectivity index is 1.66. The highest BCUT2D eigenvalue weighted by atomic mass is 79.9. The monoisotopic (exact) mass is 352 g/mol. The fourth-order valence-electron chi connectivity index (χ4n) is 5.94. The Bertz CT molecular complexity index is 511. The maximum atomic E-state index is 12.6. The third-order valence-corrected chi connectivity index (χ3v) is 7.83. The molecule has 0 aromatic carbocycles. The number of halogens is 1. The molecule has 4 aliphatic rings. The Morgan fingerprint density at radius 1 is 1.24 bits per heavy atom. The van der Waals surface area contributed by atoms with Crippen LogP contribution in [0.2, 0.25) is 0 Å². The van der Waals surface area contributed by atoms with Gasteiger partial charge in [-0.1, -0.05) is 34.0 Å². The van der Waals surface area contributed by atoms with Crippen LogP contribution in [0.1, 0.15) is 58.3 Å². The van der Waals surface area contributed by atoms with Crippen LogP contribution in [0.3, 0.4) is 0 Å². The number of carbonyl (C=O) groups excluding carboxylic acids is 1. The molecule has 2 nitrogen and oxygen atoms in total. The SMILES string of the molecule is C[C@]12CC[C@@H]3C4=C(CC[C@H]3[C@@H]1C[C@@H](Br)C2=O)C[C@H](O)CC4. The minimum atomic E-state index is -0.103. The number of aliphatic hydroxyl groups is 1. The second kappa shape index (κ2) is 4.92. The van der Waals surface area contributed by atoms with Gasteiger partial charge in [-0.15, -0.1) is 0 Å². The summed E-state index contributed by atoms with van der Waals surface area (Å²) in [6.45, 7) is 2.23. The van der Waals surface area contributed by atoms with E-state index < -0.39 is 0 Å². The quantitative estimate of drug-likeness (QED) is 0.528. The third-order valence-electron chi connectivity index (χ3n) is 7.05. The van der Waals surface area contributed by atoms with E-state index in [4.69, 9.17) is 0 Å². The smallest absolute Gasteiger partial charge is 0.152 e. The van der Waals surface area contributed by atoms with Crippen LogP contribution in [0.4, 0.5) is 0 Å². The fourth-order valence-corrected chi connectivity index (χ4v) is 6.86. The first kappa shape index (κ1) is 14.4. The molecule has 2 saturated carbocycles. The van der Waals surface area contributed by atoms with Gasteiger partial charge in [-0.2, -0.15) is 0 Å². The third kappa shape index (κ3) is 2.03. The molecule has 0 saturated heterocycles. The predicted octanol–water partition coefficient (Wildman–Crippen LogP) is 4.01. The van der Waals surface area contributed by atoms with E-state index in [1.165, 1.54) is 19.3 Å². The second-order valence-electron chi connectivity index (χ2n) is 7.96. The molecule has 0 bridgehead atoms. The average molecular weight is 353 g/mol. The number of alkyl halides is 1. The summed E-state index contributed by atoms with van der Waals surface area (Å²) in [5, 5.41) is 9.92. The molecule has 4 aliphatic carbocycles. The molecule has 0 amide bonds. The zero-order valence-electron chi connectivity index (χ0n) is 12.8. The largest absolute Gasteiger partial charge is 0.393 e. The van der Waals surface area contributed by atoms with E-state index in [-0.39, 0.29) is 16.3 Å². The zero-order valence-corrected chi connectivity index (χ0v) is 14.4. The highest BCUT2D eigenvalue weighted by Gasteiger charge is 2.57. The van der Waals surface area contributed by atoms with Crippen molar-refractivity contribution in [2.45, 2.75) is 69.2 Å². The lowest BCUT2D eigenvalue weighted by Gasteiger charge is -2.50. The topological polar surface area (TPSA) is 37.3 Å². The van der Waals surface area contributed by atoms with Crippen molar-refractivity contribution >= 4 is 21.7 Å². The lowest BCUT2D eigenvalue weighted by molar-refractivity contribution is -0.129. The molecule has 3 heteroatoms. The fraction of sp³-hybridized carbons (Fsp3) is 0.833. The summed E-state index contributed by atoms with van der Waals surface area (Å²) in [6, 6.07) is 0. The van der Waals surface area contributed by atoms with Gasteiger partial charge in [-0.3, -0.25) is 4.79 Å². The van der Waals surface area contributed by atoms with Crippen LogP contribution in [-0.2, 0) is 4.79 Å². The van der Waals surface area contributed by atoms with Gasteiger partial charge in [0.1, 0.15) is 0 Å². The average Bonchev–Trinajstić information content (AvgIpc) is 2.70. The number of fused-ring (bicyclic) bond motifs is 4. The van der Waals surface area contributed by atoms with E-state index in [1.54, 1.807) is 11.1 Å². The lowest BCUT2D eigenvalue weighted by Crippen LogP contribution is -2.44. The number of Topliss-reactive ketones (excluding diaryl/α,β-unsaturated/α-hetero) is 1. The van der Waals surface area contributed by atoms with E-state index in [0.717, 1.165) is 32.1 Å². The van der Waals surface area contributed by atoms with Gasteiger partial charge < -0.3 is 5.11 Å². The van der Waals surface area contributed by atoms with Crippen LogP contribution < -0.4 is 0 Å². The summed E-state index contributed by atoms with van der Waals surface area (Å²) < 4.78 is 0. The standard InChI is InChI=1S/C18H25BrO2/c1-18-7-6-13-12-5-3-11(20)8-10(12)2-4-14(13)15(18)9-16(19)17(18)21/h11,13-16,20H,2-9H2,1H3/t11-,13-,14-,15+,16-,18+/m1/s1. The van der Waals surface area contributed by atoms with Crippen LogP contribution >= 0.6 is 15.9 Å². The predicted molar refractivity (Wildman–Crippen MR) is 86.3 cm³/mol. The summed E-state index contributed by atoms with van der Waals surface area (Å²) in [6.07, 6.45) is 8.58. The number of allylic oxidation sites excluding steroid dienone is 1. The van der Waals surface area contributed by atoms with Gasteiger partial charge in [-0.25, -0.2) is 0 Å². The number of ketones is 1. The van der Waals surface area contributed by atoms with Crippen molar-refractivity contribution in [3.63, 3.8) is 0 Å². The molecular formula is C18H25BrO2. The molecule has 2 fully saturated rings. The molecule has 116 valence electrons. The molecule has 0 aromatic rings. The highest BCUT2D eigenvalue weighted by Crippen LogP contribution is 2.60. The van der Waals surface area contributed by atoms with Crippen LogP contribution in [0.25, 0.3) is 0 Å². The van der Waals surface area contributed by atoms with Gasteiger partial charge in [0.15, 0.2) is 5.78 Å². The van der Waals surface area contributed by atoms with E-state index in [0.29, 0.717) is 23.5 Å². The molecule has 0 aromatic heterocycles. The Morgan fingerprint density at radius 3 is 2.86 bits per heavy atom. The molecule has 0 radical (unpaired) electrons. The molecule has 4 rings (SSSR count).